The fourth-order valence-corrected chi connectivity index (χ4v) is 4.88. The van der Waals surface area contributed by atoms with Gasteiger partial charge in [0.05, 0.1) is 13.2 Å². The van der Waals surface area contributed by atoms with Crippen LogP contribution in [0.1, 0.15) is 41.4 Å². The first-order valence-electron chi connectivity index (χ1n) is 15.1. The number of halogens is 7. The van der Waals surface area contributed by atoms with Crippen molar-refractivity contribution in [1.29, 1.82) is 0 Å². The Bertz CT molecular complexity index is 1740. The van der Waals surface area contributed by atoms with Gasteiger partial charge in [-0.3, -0.25) is 24.0 Å². The van der Waals surface area contributed by atoms with Crippen molar-refractivity contribution in [2.24, 2.45) is 5.92 Å². The molecule has 17 heteroatoms. The summed E-state index contributed by atoms with van der Waals surface area (Å²) in [5.74, 6) is -14.2. The quantitative estimate of drug-likeness (QED) is 0.131. The fourth-order valence-electron chi connectivity index (χ4n) is 4.69. The number of rotatable bonds is 15. The molecule has 4 amide bonds. The summed E-state index contributed by atoms with van der Waals surface area (Å²) in [5, 5.41) is 8.19. The highest BCUT2D eigenvalue weighted by atomic mass is 35.5. The lowest BCUT2D eigenvalue weighted by Crippen LogP contribution is -2.58. The second kappa shape index (κ2) is 17.2. The maximum Gasteiger partial charge on any atom is 0.405 e. The second-order valence-electron chi connectivity index (χ2n) is 11.6. The molecule has 0 radical (unpaired) electrons. The van der Waals surface area contributed by atoms with Crippen molar-refractivity contribution < 1.29 is 55.1 Å². The van der Waals surface area contributed by atoms with E-state index in [1.807, 2.05) is 0 Å². The van der Waals surface area contributed by atoms with Crippen molar-refractivity contribution >= 4 is 41.0 Å². The minimum absolute atomic E-state index is 0.0389. The van der Waals surface area contributed by atoms with Crippen molar-refractivity contribution in [3.8, 4) is 5.75 Å². The third-order valence-corrected chi connectivity index (χ3v) is 7.56. The SMILES string of the molecule is COc1ccc(C(NC(=O)C(Cc2cccc(F)c2)NC(=O)c2cccc(Cl)c2)C(=O)N[C@H](C(=O)C(F)(F)C(=O)NCC(F)(F)F)C(C)C)cc1. The predicted molar refractivity (Wildman–Crippen MR) is 172 cm³/mol. The molecule has 274 valence electrons. The summed E-state index contributed by atoms with van der Waals surface area (Å²) in [5.41, 5.74) is 0.364. The molecule has 10 nitrogen and oxygen atoms in total. The Morgan fingerprint density at radius 1 is 0.824 bits per heavy atom. The topological polar surface area (TPSA) is 143 Å². The van der Waals surface area contributed by atoms with Gasteiger partial charge >= 0.3 is 12.1 Å². The number of methoxy groups -OCH3 is 1. The number of alkyl halides is 5. The Morgan fingerprint density at radius 3 is 2.04 bits per heavy atom. The lowest BCUT2D eigenvalue weighted by atomic mass is 9.94. The van der Waals surface area contributed by atoms with Gasteiger partial charge in [-0.2, -0.15) is 22.0 Å². The van der Waals surface area contributed by atoms with Crippen LogP contribution in [0, 0.1) is 11.7 Å². The van der Waals surface area contributed by atoms with Gasteiger partial charge in [0.1, 0.15) is 30.2 Å². The number of nitrogens with one attached hydrogen (secondary N) is 4. The molecule has 3 rings (SSSR count). The summed E-state index contributed by atoms with van der Waals surface area (Å²) >= 11 is 6.00. The van der Waals surface area contributed by atoms with E-state index in [0.29, 0.717) is 5.75 Å². The second-order valence-corrected chi connectivity index (χ2v) is 12.0. The van der Waals surface area contributed by atoms with Crippen molar-refractivity contribution in [3.05, 3.63) is 100 Å². The van der Waals surface area contributed by atoms with Gasteiger partial charge in [0.2, 0.25) is 17.6 Å². The molecule has 0 saturated heterocycles. The molecule has 0 heterocycles. The maximum absolute atomic E-state index is 14.9. The van der Waals surface area contributed by atoms with Gasteiger partial charge in [-0.25, -0.2) is 4.39 Å². The minimum atomic E-state index is -5.05. The maximum atomic E-state index is 14.9. The van der Waals surface area contributed by atoms with Gasteiger partial charge in [-0.1, -0.05) is 55.8 Å². The van der Waals surface area contributed by atoms with Crippen LogP contribution in [0.25, 0.3) is 0 Å². The highest BCUT2D eigenvalue weighted by Crippen LogP contribution is 2.24. The normalized spacial score (nSPS) is 13.4. The molecule has 0 fully saturated rings. The average Bonchev–Trinajstić information content (AvgIpc) is 3.07. The lowest BCUT2D eigenvalue weighted by Gasteiger charge is -2.28. The van der Waals surface area contributed by atoms with E-state index >= 15 is 0 Å². The van der Waals surface area contributed by atoms with E-state index < -0.39 is 77.9 Å². The van der Waals surface area contributed by atoms with Crippen LogP contribution >= 0.6 is 11.6 Å². The van der Waals surface area contributed by atoms with Crippen LogP contribution in [0.3, 0.4) is 0 Å². The first-order chi connectivity index (χ1) is 23.8. The number of Topliss-reactive ketones (excluding diaryl/α,β-unsaturated/α-hetero) is 1. The van der Waals surface area contributed by atoms with Gasteiger partial charge < -0.3 is 26.0 Å². The van der Waals surface area contributed by atoms with Crippen LogP contribution in [-0.4, -0.2) is 67.2 Å². The van der Waals surface area contributed by atoms with Crippen LogP contribution in [0.5, 0.6) is 5.75 Å². The average molecular weight is 743 g/mol. The van der Waals surface area contributed by atoms with E-state index in [1.54, 1.807) is 0 Å². The Kier molecular flexibility index (Phi) is 13.6. The number of amides is 4. The predicted octanol–water partition coefficient (Wildman–Crippen LogP) is 4.71. The molecular formula is C34H33ClF6N4O6. The molecule has 0 aliphatic carbocycles. The van der Waals surface area contributed by atoms with E-state index in [2.05, 4.69) is 16.0 Å². The lowest BCUT2D eigenvalue weighted by molar-refractivity contribution is -0.165. The number of ketones is 1. The Balaban J connectivity index is 1.97. The molecule has 51 heavy (non-hydrogen) atoms. The van der Waals surface area contributed by atoms with Gasteiger partial charge in [-0.05, 0) is 59.5 Å². The molecule has 0 aliphatic heterocycles. The molecule has 0 aromatic heterocycles. The third kappa shape index (κ3) is 11.5. The summed E-state index contributed by atoms with van der Waals surface area (Å²) in [6.07, 6.45) is -5.34. The molecule has 3 aromatic rings. The number of benzene rings is 3. The van der Waals surface area contributed by atoms with E-state index in [0.717, 1.165) is 17.4 Å². The zero-order valence-electron chi connectivity index (χ0n) is 27.2. The van der Waals surface area contributed by atoms with Gasteiger partial charge in [0.25, 0.3) is 11.8 Å². The third-order valence-electron chi connectivity index (χ3n) is 7.33. The first-order valence-corrected chi connectivity index (χ1v) is 15.5. The number of hydrogen-bond acceptors (Lipinski definition) is 6. The van der Waals surface area contributed by atoms with E-state index in [-0.39, 0.29) is 28.1 Å². The summed E-state index contributed by atoms with van der Waals surface area (Å²) in [6, 6.07) is 11.0. The van der Waals surface area contributed by atoms with E-state index in [9.17, 15) is 50.3 Å². The van der Waals surface area contributed by atoms with Crippen molar-refractivity contribution in [2.75, 3.05) is 13.7 Å². The van der Waals surface area contributed by atoms with Crippen molar-refractivity contribution in [3.63, 3.8) is 0 Å². The zero-order chi connectivity index (χ0) is 38.1. The molecule has 2 unspecified atom stereocenters. The monoisotopic (exact) mass is 742 g/mol. The highest BCUT2D eigenvalue weighted by Gasteiger charge is 2.52. The molecular weight excluding hydrogens is 710 g/mol. The van der Waals surface area contributed by atoms with Gasteiger partial charge in [0, 0.05) is 17.0 Å². The number of carbonyl (C=O) groups is 5. The molecule has 0 saturated carbocycles. The minimum Gasteiger partial charge on any atom is -0.497 e. The molecule has 3 aromatic carbocycles. The van der Waals surface area contributed by atoms with Crippen LogP contribution in [-0.2, 0) is 25.6 Å². The highest BCUT2D eigenvalue weighted by molar-refractivity contribution is 6.31. The zero-order valence-corrected chi connectivity index (χ0v) is 28.0. The van der Waals surface area contributed by atoms with Gasteiger partial charge in [-0.15, -0.1) is 0 Å². The Morgan fingerprint density at radius 2 is 1.47 bits per heavy atom. The number of ether oxygens (including phenoxy) is 1. The van der Waals surface area contributed by atoms with Crippen LogP contribution in [0.15, 0.2) is 72.8 Å². The smallest absolute Gasteiger partial charge is 0.405 e. The standard InChI is InChI=1S/C34H33ClF6N4O6/c1-18(2)26(28(46)34(40,41)32(50)42-17-33(37,38)39)44-31(49)27(20-10-12-24(51-3)13-11-20)45-30(48)25(15-19-6-4-9-23(36)14-19)43-29(47)21-7-5-8-22(35)16-21/h4-14,16,18,25-27H,15,17H2,1-3H3,(H,42,50)(H,43,47)(H,44,49)(H,45,48)/t25?,26-,27?/m0/s1. The summed E-state index contributed by atoms with van der Waals surface area (Å²) < 4.78 is 86.5. The van der Waals surface area contributed by atoms with Gasteiger partial charge in [0.15, 0.2) is 0 Å². The van der Waals surface area contributed by atoms with Crippen LogP contribution < -0.4 is 26.0 Å². The van der Waals surface area contributed by atoms with Crippen LogP contribution in [0.4, 0.5) is 26.3 Å². The summed E-state index contributed by atoms with van der Waals surface area (Å²) in [4.78, 5) is 65.6. The van der Waals surface area contributed by atoms with E-state index in [1.165, 1.54) is 81.6 Å². The molecule has 0 spiro atoms. The molecule has 0 aliphatic rings. The molecule has 3 atom stereocenters. The summed E-state index contributed by atoms with van der Waals surface area (Å²) in [7, 11) is 1.35. The number of carbonyl (C=O) groups excluding carboxylic acids is 5. The van der Waals surface area contributed by atoms with Crippen LogP contribution in [0.2, 0.25) is 5.02 Å². The van der Waals surface area contributed by atoms with Crippen molar-refractivity contribution in [1.82, 2.24) is 21.3 Å². The first kappa shape index (κ1) is 40.3. The molecule has 4 N–H and O–H groups in total. The summed E-state index contributed by atoms with van der Waals surface area (Å²) in [6.45, 7) is 0.325. The van der Waals surface area contributed by atoms with E-state index in [4.69, 9.17) is 16.3 Å². The Hall–Kier alpha value is -5.12. The fraction of sp³-hybridized carbons (Fsp3) is 0.324. The largest absolute Gasteiger partial charge is 0.497 e. The Labute approximate surface area is 293 Å². The number of hydrogen-bond donors (Lipinski definition) is 4. The van der Waals surface area contributed by atoms with Crippen molar-refractivity contribution in [2.45, 2.75) is 50.5 Å². The molecule has 0 bridgehead atoms.